The number of piperidine rings is 1. The van der Waals surface area contributed by atoms with Crippen molar-refractivity contribution in [3.8, 4) is 22.1 Å². The average molecular weight is 373 g/mol. The second-order valence-electron chi connectivity index (χ2n) is 6.82. The van der Waals surface area contributed by atoms with Crippen LogP contribution >= 0.6 is 11.3 Å². The molecule has 6 nitrogen and oxygen atoms in total. The number of amides is 1. The maximum atomic E-state index is 13.0. The highest BCUT2D eigenvalue weighted by atomic mass is 32.1. The van der Waals surface area contributed by atoms with Gasteiger partial charge in [-0.3, -0.25) is 4.79 Å². The molecule has 2 N–H and O–H groups in total. The van der Waals surface area contributed by atoms with Crippen LogP contribution in [0.15, 0.2) is 23.6 Å². The van der Waals surface area contributed by atoms with E-state index in [-0.39, 0.29) is 11.9 Å². The zero-order valence-corrected chi connectivity index (χ0v) is 15.6. The number of likely N-dealkylation sites (tertiary alicyclic amines) is 1. The molecule has 2 aliphatic heterocycles. The lowest BCUT2D eigenvalue weighted by molar-refractivity contribution is 0.0527. The summed E-state index contributed by atoms with van der Waals surface area (Å²) in [7, 11) is 0. The van der Waals surface area contributed by atoms with Gasteiger partial charge in [-0.05, 0) is 37.0 Å². The van der Waals surface area contributed by atoms with Crippen LogP contribution in [0.25, 0.3) is 10.6 Å². The molecule has 138 valence electrons. The molecular formula is C19H23N3O3S. The van der Waals surface area contributed by atoms with Gasteiger partial charge >= 0.3 is 0 Å². The number of ether oxygens (including phenoxy) is 2. The first kappa shape index (κ1) is 17.3. The molecule has 1 aromatic carbocycles. The van der Waals surface area contributed by atoms with E-state index >= 15 is 0 Å². The molecule has 0 spiro atoms. The van der Waals surface area contributed by atoms with Gasteiger partial charge in [-0.25, -0.2) is 4.98 Å². The fourth-order valence-electron chi connectivity index (χ4n) is 3.69. The van der Waals surface area contributed by atoms with Crippen molar-refractivity contribution in [2.75, 3.05) is 26.3 Å². The van der Waals surface area contributed by atoms with Gasteiger partial charge in [-0.1, -0.05) is 6.92 Å². The van der Waals surface area contributed by atoms with Gasteiger partial charge in [0.1, 0.15) is 23.9 Å². The Morgan fingerprint density at radius 2 is 2.15 bits per heavy atom. The number of fused-ring (bicyclic) bond motifs is 1. The van der Waals surface area contributed by atoms with Crippen molar-refractivity contribution in [2.24, 2.45) is 11.7 Å². The van der Waals surface area contributed by atoms with E-state index in [1.807, 2.05) is 28.5 Å². The Hall–Kier alpha value is -2.12. The van der Waals surface area contributed by atoms with Gasteiger partial charge in [0.05, 0.1) is 0 Å². The summed E-state index contributed by atoms with van der Waals surface area (Å²) in [6.07, 6.45) is 2.13. The molecule has 2 aromatic rings. The fraction of sp³-hybridized carbons (Fsp3) is 0.474. The average Bonchev–Trinajstić information content (AvgIpc) is 3.17. The van der Waals surface area contributed by atoms with E-state index in [2.05, 4.69) is 11.9 Å². The molecule has 2 aliphatic rings. The van der Waals surface area contributed by atoms with Crippen molar-refractivity contribution in [3.63, 3.8) is 0 Å². The predicted molar refractivity (Wildman–Crippen MR) is 101 cm³/mol. The predicted octanol–water partition coefficient (Wildman–Crippen LogP) is 2.78. The van der Waals surface area contributed by atoms with Gasteiger partial charge in [-0.2, -0.15) is 0 Å². The molecule has 0 bridgehead atoms. The lowest BCUT2D eigenvalue weighted by Gasteiger charge is -2.39. The lowest BCUT2D eigenvalue weighted by Crippen LogP contribution is -2.51. The van der Waals surface area contributed by atoms with Gasteiger partial charge < -0.3 is 20.1 Å². The number of carbonyl (C=O) groups is 1. The van der Waals surface area contributed by atoms with Crippen LogP contribution in [0.1, 0.15) is 30.3 Å². The van der Waals surface area contributed by atoms with E-state index in [1.54, 1.807) is 0 Å². The molecule has 0 aliphatic carbocycles. The third-order valence-corrected chi connectivity index (χ3v) is 6.02. The highest BCUT2D eigenvalue weighted by Gasteiger charge is 2.32. The summed E-state index contributed by atoms with van der Waals surface area (Å²) in [5, 5.41) is 2.64. The maximum Gasteiger partial charge on any atom is 0.273 e. The Bertz CT molecular complexity index is 807. The van der Waals surface area contributed by atoms with Crippen LogP contribution in [0.3, 0.4) is 0 Å². The standard InChI is InChI=1S/C19H23N3O3S/c1-12-3-2-6-22(15(12)10-20)19(23)14-11-26-18(21-14)13-4-5-16-17(9-13)25-8-7-24-16/h4-5,9,11-12,15H,2-3,6-8,10,20H2,1H3/t12-,15-/m0/s1. The van der Waals surface area contributed by atoms with Gasteiger partial charge in [0, 0.05) is 30.1 Å². The van der Waals surface area contributed by atoms with Crippen LogP contribution in [-0.4, -0.2) is 48.1 Å². The molecule has 1 amide bonds. The number of nitrogens with zero attached hydrogens (tertiary/aromatic N) is 2. The molecule has 26 heavy (non-hydrogen) atoms. The molecule has 7 heteroatoms. The van der Waals surface area contributed by atoms with Crippen LogP contribution in [0.2, 0.25) is 0 Å². The highest BCUT2D eigenvalue weighted by Crippen LogP contribution is 2.35. The minimum absolute atomic E-state index is 0.0213. The molecule has 1 aromatic heterocycles. The number of benzene rings is 1. The minimum atomic E-state index is -0.0213. The smallest absolute Gasteiger partial charge is 0.273 e. The van der Waals surface area contributed by atoms with Gasteiger partial charge in [0.15, 0.2) is 11.5 Å². The summed E-state index contributed by atoms with van der Waals surface area (Å²) in [5.74, 6) is 1.88. The van der Waals surface area contributed by atoms with Crippen LogP contribution in [0.5, 0.6) is 11.5 Å². The molecular weight excluding hydrogens is 350 g/mol. The first-order valence-corrected chi connectivity index (χ1v) is 9.92. The highest BCUT2D eigenvalue weighted by molar-refractivity contribution is 7.13. The summed E-state index contributed by atoms with van der Waals surface area (Å²) >= 11 is 1.47. The van der Waals surface area contributed by atoms with Crippen molar-refractivity contribution in [1.82, 2.24) is 9.88 Å². The molecule has 1 fully saturated rings. The second-order valence-corrected chi connectivity index (χ2v) is 7.68. The third kappa shape index (κ3) is 3.17. The van der Waals surface area contributed by atoms with Crippen LogP contribution < -0.4 is 15.2 Å². The summed E-state index contributed by atoms with van der Waals surface area (Å²) in [6.45, 7) is 4.52. The van der Waals surface area contributed by atoms with E-state index in [0.717, 1.165) is 41.5 Å². The second kappa shape index (κ2) is 7.25. The van der Waals surface area contributed by atoms with Crippen molar-refractivity contribution >= 4 is 17.2 Å². The Morgan fingerprint density at radius 1 is 1.35 bits per heavy atom. The molecule has 2 atom stereocenters. The minimum Gasteiger partial charge on any atom is -0.486 e. The molecule has 0 saturated carbocycles. The zero-order valence-electron chi connectivity index (χ0n) is 14.8. The summed E-state index contributed by atoms with van der Waals surface area (Å²) < 4.78 is 11.2. The Kier molecular flexibility index (Phi) is 4.82. The van der Waals surface area contributed by atoms with Gasteiger partial charge in [0.25, 0.3) is 5.91 Å². The lowest BCUT2D eigenvalue weighted by atomic mass is 9.90. The number of carbonyl (C=O) groups excluding carboxylic acids is 1. The largest absolute Gasteiger partial charge is 0.486 e. The van der Waals surface area contributed by atoms with Crippen molar-refractivity contribution < 1.29 is 14.3 Å². The Morgan fingerprint density at radius 3 is 2.96 bits per heavy atom. The van der Waals surface area contributed by atoms with Gasteiger partial charge in [-0.15, -0.1) is 11.3 Å². The Balaban J connectivity index is 1.57. The topological polar surface area (TPSA) is 77.7 Å². The number of hydrogen-bond donors (Lipinski definition) is 1. The van der Waals surface area contributed by atoms with Crippen molar-refractivity contribution in [2.45, 2.75) is 25.8 Å². The van der Waals surface area contributed by atoms with Crippen molar-refractivity contribution in [1.29, 1.82) is 0 Å². The molecule has 3 heterocycles. The van der Waals surface area contributed by atoms with Crippen molar-refractivity contribution in [3.05, 3.63) is 29.3 Å². The molecule has 4 rings (SSSR count). The summed E-state index contributed by atoms with van der Waals surface area (Å²) in [5.41, 5.74) is 7.35. The maximum absolute atomic E-state index is 13.0. The number of nitrogens with two attached hydrogens (primary N) is 1. The number of hydrogen-bond acceptors (Lipinski definition) is 6. The molecule has 0 radical (unpaired) electrons. The van der Waals surface area contributed by atoms with Gasteiger partial charge in [0.2, 0.25) is 0 Å². The third-order valence-electron chi connectivity index (χ3n) is 5.13. The Labute approximate surface area is 156 Å². The van der Waals surface area contributed by atoms with E-state index in [9.17, 15) is 4.79 Å². The number of thiazole rings is 1. The van der Waals surface area contributed by atoms with E-state index in [1.165, 1.54) is 11.3 Å². The number of aromatic nitrogens is 1. The van der Waals surface area contributed by atoms with E-state index < -0.39 is 0 Å². The summed E-state index contributed by atoms with van der Waals surface area (Å²) in [6, 6.07) is 5.86. The normalized spacial score (nSPS) is 22.3. The quantitative estimate of drug-likeness (QED) is 0.895. The fourth-order valence-corrected chi connectivity index (χ4v) is 4.48. The molecule has 1 saturated heterocycles. The van der Waals surface area contributed by atoms with E-state index in [0.29, 0.717) is 31.4 Å². The first-order valence-electron chi connectivity index (χ1n) is 9.04. The van der Waals surface area contributed by atoms with Crippen LogP contribution in [0, 0.1) is 5.92 Å². The van der Waals surface area contributed by atoms with Crippen LogP contribution in [-0.2, 0) is 0 Å². The molecule has 0 unspecified atom stereocenters. The van der Waals surface area contributed by atoms with Crippen LogP contribution in [0.4, 0.5) is 0 Å². The number of rotatable bonds is 3. The van der Waals surface area contributed by atoms with E-state index in [4.69, 9.17) is 15.2 Å². The SMILES string of the molecule is C[C@H]1CCCN(C(=O)c2csc(-c3ccc4c(c3)OCCO4)n2)[C@H]1CN. The monoisotopic (exact) mass is 373 g/mol. The summed E-state index contributed by atoms with van der Waals surface area (Å²) in [4.78, 5) is 19.4. The zero-order chi connectivity index (χ0) is 18.1. The first-order chi connectivity index (χ1) is 12.7.